The van der Waals surface area contributed by atoms with E-state index in [9.17, 15) is 21.6 Å². The van der Waals surface area contributed by atoms with Gasteiger partial charge in [-0.05, 0) is 42.8 Å². The molecule has 0 unspecified atom stereocenters. The van der Waals surface area contributed by atoms with Crippen molar-refractivity contribution in [3.8, 4) is 17.6 Å². The highest BCUT2D eigenvalue weighted by molar-refractivity contribution is 7.89. The predicted molar refractivity (Wildman–Crippen MR) is 101 cm³/mol. The molecule has 10 heteroatoms. The summed E-state index contributed by atoms with van der Waals surface area (Å²) in [5.74, 6) is 5.04. The van der Waals surface area contributed by atoms with Gasteiger partial charge in [0, 0.05) is 5.02 Å². The monoisotopic (exact) mass is 451 g/mol. The second-order valence-electron chi connectivity index (χ2n) is 5.52. The molecule has 2 aromatic rings. The molecule has 2 rings (SSSR count). The minimum absolute atomic E-state index is 0.00752. The Labute approximate surface area is 170 Å². The van der Waals surface area contributed by atoms with Crippen LogP contribution in [0.25, 0.3) is 0 Å². The van der Waals surface area contributed by atoms with Crippen molar-refractivity contribution in [1.82, 2.24) is 4.72 Å². The van der Waals surface area contributed by atoms with Crippen LogP contribution in [-0.4, -0.2) is 21.6 Å². The number of benzene rings is 2. The quantitative estimate of drug-likeness (QED) is 0.671. The summed E-state index contributed by atoms with van der Waals surface area (Å²) < 4.78 is 69.7. The van der Waals surface area contributed by atoms with Crippen LogP contribution >= 0.6 is 23.2 Å². The summed E-state index contributed by atoms with van der Waals surface area (Å²) in [6.45, 7) is 1.21. The Kier molecular flexibility index (Phi) is 7.23. The summed E-state index contributed by atoms with van der Waals surface area (Å²) in [5, 5.41) is 0.319. The first-order valence-corrected chi connectivity index (χ1v) is 9.96. The van der Waals surface area contributed by atoms with Crippen LogP contribution in [0.1, 0.15) is 11.1 Å². The zero-order chi connectivity index (χ0) is 20.9. The summed E-state index contributed by atoms with van der Waals surface area (Å²) in [5.41, 5.74) is -0.284. The molecule has 28 heavy (non-hydrogen) atoms. The fraction of sp³-hybridized carbons (Fsp3) is 0.222. The van der Waals surface area contributed by atoms with E-state index < -0.39 is 21.8 Å². The number of ether oxygens (including phenoxy) is 1. The van der Waals surface area contributed by atoms with Gasteiger partial charge in [0.15, 0.2) is 0 Å². The number of sulfonamides is 1. The maximum Gasteiger partial charge on any atom is 0.416 e. The van der Waals surface area contributed by atoms with Crippen LogP contribution in [0.15, 0.2) is 41.3 Å². The second-order valence-corrected chi connectivity index (χ2v) is 8.07. The third kappa shape index (κ3) is 6.04. The second kappa shape index (κ2) is 9.05. The normalized spacial score (nSPS) is 11.6. The lowest BCUT2D eigenvalue weighted by Gasteiger charge is -2.09. The number of hydrogen-bond donors (Lipinski definition) is 1. The highest BCUT2D eigenvalue weighted by atomic mass is 35.5. The molecule has 1 N–H and O–H groups in total. The Hall–Kier alpha value is -1.92. The van der Waals surface area contributed by atoms with Crippen LogP contribution in [0, 0.1) is 18.8 Å². The zero-order valence-corrected chi connectivity index (χ0v) is 16.7. The molecule has 0 atom stereocenters. The van der Waals surface area contributed by atoms with Gasteiger partial charge in [0.05, 0.1) is 17.1 Å². The van der Waals surface area contributed by atoms with E-state index in [0.29, 0.717) is 10.6 Å². The van der Waals surface area contributed by atoms with Crippen LogP contribution in [0.2, 0.25) is 10.0 Å². The molecule has 2 aromatic carbocycles. The first kappa shape index (κ1) is 22.4. The average Bonchev–Trinajstić information content (AvgIpc) is 2.60. The lowest BCUT2D eigenvalue weighted by Crippen LogP contribution is -2.24. The van der Waals surface area contributed by atoms with Crippen molar-refractivity contribution in [3.63, 3.8) is 0 Å². The molecule has 0 aliphatic heterocycles. The number of aryl methyl sites for hydroxylation is 1. The molecule has 0 radical (unpaired) electrons. The molecular formula is C18H14Cl2F3NO3S. The van der Waals surface area contributed by atoms with E-state index in [-0.39, 0.29) is 28.8 Å². The van der Waals surface area contributed by atoms with Crippen LogP contribution in [0.3, 0.4) is 0 Å². The molecule has 150 valence electrons. The van der Waals surface area contributed by atoms with Gasteiger partial charge in [-0.3, -0.25) is 0 Å². The summed E-state index contributed by atoms with van der Waals surface area (Å²) in [7, 11) is -3.90. The Morgan fingerprint density at radius 1 is 1.11 bits per heavy atom. The van der Waals surface area contributed by atoms with Gasteiger partial charge in [-0.25, -0.2) is 8.42 Å². The van der Waals surface area contributed by atoms with E-state index in [1.807, 2.05) is 0 Å². The van der Waals surface area contributed by atoms with E-state index in [1.165, 1.54) is 24.3 Å². The summed E-state index contributed by atoms with van der Waals surface area (Å²) in [6, 6.07) is 7.05. The molecule has 0 saturated heterocycles. The van der Waals surface area contributed by atoms with Crippen molar-refractivity contribution in [2.45, 2.75) is 18.0 Å². The predicted octanol–water partition coefficient (Wildman–Crippen LogP) is 4.68. The molecule has 0 amide bonds. The SMILES string of the molecule is Cc1cc(S(=O)(=O)NCC#CCOc2cccc(C(F)(F)F)c2)c(Cl)cc1Cl. The van der Waals surface area contributed by atoms with Crippen LogP contribution < -0.4 is 9.46 Å². The fourth-order valence-electron chi connectivity index (χ4n) is 2.04. The van der Waals surface area contributed by atoms with Gasteiger partial charge in [0.25, 0.3) is 0 Å². The van der Waals surface area contributed by atoms with Gasteiger partial charge < -0.3 is 4.74 Å². The maximum absolute atomic E-state index is 12.6. The van der Waals surface area contributed by atoms with Crippen LogP contribution in [-0.2, 0) is 16.2 Å². The molecule has 0 aromatic heterocycles. The highest BCUT2D eigenvalue weighted by Crippen LogP contribution is 2.31. The van der Waals surface area contributed by atoms with Gasteiger partial charge in [-0.1, -0.05) is 41.1 Å². The lowest BCUT2D eigenvalue weighted by atomic mass is 10.2. The number of nitrogens with one attached hydrogen (secondary N) is 1. The maximum atomic E-state index is 12.6. The topological polar surface area (TPSA) is 55.4 Å². The average molecular weight is 452 g/mol. The van der Waals surface area contributed by atoms with Crippen LogP contribution in [0.4, 0.5) is 13.2 Å². The molecule has 0 heterocycles. The third-order valence-electron chi connectivity index (χ3n) is 3.45. The largest absolute Gasteiger partial charge is 0.481 e. The van der Waals surface area contributed by atoms with Crippen molar-refractivity contribution in [1.29, 1.82) is 0 Å². The minimum Gasteiger partial charge on any atom is -0.481 e. The molecule has 0 spiro atoms. The summed E-state index contributed by atoms with van der Waals surface area (Å²) in [4.78, 5) is -0.127. The molecule has 0 aliphatic rings. The van der Waals surface area contributed by atoms with Gasteiger partial charge in [-0.15, -0.1) is 0 Å². The first-order valence-electron chi connectivity index (χ1n) is 7.72. The molecular weight excluding hydrogens is 438 g/mol. The minimum atomic E-state index is -4.47. The van der Waals surface area contributed by atoms with E-state index >= 15 is 0 Å². The van der Waals surface area contributed by atoms with Crippen molar-refractivity contribution >= 4 is 33.2 Å². The molecule has 0 bridgehead atoms. The molecule has 0 fully saturated rings. The lowest BCUT2D eigenvalue weighted by molar-refractivity contribution is -0.137. The number of halogens is 5. The van der Waals surface area contributed by atoms with E-state index in [2.05, 4.69) is 16.6 Å². The Morgan fingerprint density at radius 3 is 2.50 bits per heavy atom. The van der Waals surface area contributed by atoms with E-state index in [1.54, 1.807) is 6.92 Å². The summed E-state index contributed by atoms with van der Waals surface area (Å²) in [6.07, 6.45) is -4.47. The Bertz CT molecular complexity index is 1030. The van der Waals surface area contributed by atoms with Gasteiger partial charge in [0.2, 0.25) is 10.0 Å². The number of rotatable bonds is 5. The number of alkyl halides is 3. The summed E-state index contributed by atoms with van der Waals surface area (Å²) >= 11 is 11.8. The molecule has 0 saturated carbocycles. The van der Waals surface area contributed by atoms with Gasteiger partial charge >= 0.3 is 6.18 Å². The van der Waals surface area contributed by atoms with Crippen molar-refractivity contribution in [2.75, 3.05) is 13.2 Å². The van der Waals surface area contributed by atoms with E-state index in [0.717, 1.165) is 12.1 Å². The zero-order valence-electron chi connectivity index (χ0n) is 14.4. The first-order chi connectivity index (χ1) is 13.0. The fourth-order valence-corrected chi connectivity index (χ4v) is 3.79. The van der Waals surface area contributed by atoms with Crippen molar-refractivity contribution in [2.24, 2.45) is 0 Å². The van der Waals surface area contributed by atoms with Gasteiger partial charge in [0.1, 0.15) is 17.3 Å². The Morgan fingerprint density at radius 2 is 1.82 bits per heavy atom. The Balaban J connectivity index is 1.93. The molecule has 4 nitrogen and oxygen atoms in total. The van der Waals surface area contributed by atoms with Crippen molar-refractivity contribution < 1.29 is 26.3 Å². The third-order valence-corrected chi connectivity index (χ3v) is 5.72. The van der Waals surface area contributed by atoms with Crippen LogP contribution in [0.5, 0.6) is 5.75 Å². The van der Waals surface area contributed by atoms with E-state index in [4.69, 9.17) is 27.9 Å². The highest BCUT2D eigenvalue weighted by Gasteiger charge is 2.30. The molecule has 0 aliphatic carbocycles. The van der Waals surface area contributed by atoms with Gasteiger partial charge in [-0.2, -0.15) is 17.9 Å². The standard InChI is InChI=1S/C18H14Cl2F3NO3S/c1-12-9-17(16(20)11-15(12)19)28(25,26)24-7-2-3-8-27-14-6-4-5-13(10-14)18(21,22)23/h4-6,9-11,24H,7-8H2,1H3. The van der Waals surface area contributed by atoms with Crippen molar-refractivity contribution in [3.05, 3.63) is 57.6 Å². The number of hydrogen-bond acceptors (Lipinski definition) is 3. The smallest absolute Gasteiger partial charge is 0.416 e.